The predicted octanol–water partition coefficient (Wildman–Crippen LogP) is 5.25. The molecule has 2 bridgehead atoms. The van der Waals surface area contributed by atoms with Gasteiger partial charge in [-0.2, -0.15) is 0 Å². The highest BCUT2D eigenvalue weighted by atomic mass is 16.7. The van der Waals surface area contributed by atoms with Crippen LogP contribution in [-0.2, 0) is 23.7 Å². The fourth-order valence-corrected chi connectivity index (χ4v) is 6.42. The molecule has 216 valence electrons. The molecule has 8 heteroatoms. The summed E-state index contributed by atoms with van der Waals surface area (Å²) in [4.78, 5) is 13.8. The van der Waals surface area contributed by atoms with Crippen LogP contribution in [0.25, 0.3) is 0 Å². The Morgan fingerprint density at radius 2 is 1.90 bits per heavy atom. The summed E-state index contributed by atoms with van der Waals surface area (Å²) >= 11 is 0. The molecule has 1 aliphatic carbocycles. The van der Waals surface area contributed by atoms with Gasteiger partial charge in [0.15, 0.2) is 5.79 Å². The molecule has 0 aromatic rings. The summed E-state index contributed by atoms with van der Waals surface area (Å²) in [6.45, 7) is 10.3. The highest BCUT2D eigenvalue weighted by Gasteiger charge is 2.53. The van der Waals surface area contributed by atoms with Crippen molar-refractivity contribution in [1.82, 2.24) is 0 Å². The molecule has 3 aliphatic heterocycles. The van der Waals surface area contributed by atoms with Crippen molar-refractivity contribution in [1.29, 1.82) is 0 Å². The SMILES string of the molecule is CO[C@@H]1/C(=N/O)C(C)=CC2C(=O)O[C@H]3C[C@@H](C/C=C(\C)C[C@@H](C)/C=C/C=C/C21O)O[C@@]1(CC[C@H](C)[C@@H](C)O1)C3. The van der Waals surface area contributed by atoms with Gasteiger partial charge in [0, 0.05) is 26.4 Å². The molecule has 4 rings (SSSR count). The van der Waals surface area contributed by atoms with Gasteiger partial charge in [-0.1, -0.05) is 55.0 Å². The first-order valence-corrected chi connectivity index (χ1v) is 14.2. The first-order valence-electron chi connectivity index (χ1n) is 14.2. The average molecular weight is 544 g/mol. The summed E-state index contributed by atoms with van der Waals surface area (Å²) in [5, 5.41) is 25.0. The average Bonchev–Trinajstić information content (AvgIpc) is 2.88. The van der Waals surface area contributed by atoms with Crippen molar-refractivity contribution >= 4 is 11.7 Å². The predicted molar refractivity (Wildman–Crippen MR) is 148 cm³/mol. The Morgan fingerprint density at radius 3 is 2.59 bits per heavy atom. The molecular weight excluding hydrogens is 498 g/mol. The molecule has 0 radical (unpaired) electrons. The van der Waals surface area contributed by atoms with Crippen LogP contribution in [-0.4, -0.2) is 64.9 Å². The van der Waals surface area contributed by atoms with Gasteiger partial charge in [-0.05, 0) is 63.5 Å². The zero-order valence-electron chi connectivity index (χ0n) is 24.1. The normalized spacial score (nSPS) is 46.0. The Morgan fingerprint density at radius 1 is 1.13 bits per heavy atom. The number of aliphatic hydroxyl groups is 1. The molecule has 39 heavy (non-hydrogen) atoms. The number of fused-ring (bicyclic) bond motifs is 3. The van der Waals surface area contributed by atoms with E-state index in [1.165, 1.54) is 12.7 Å². The van der Waals surface area contributed by atoms with Crippen LogP contribution in [0.2, 0.25) is 0 Å². The van der Waals surface area contributed by atoms with E-state index in [0.717, 1.165) is 19.3 Å². The Hall–Kier alpha value is -2.26. The van der Waals surface area contributed by atoms with Crippen molar-refractivity contribution in [3.05, 3.63) is 47.6 Å². The summed E-state index contributed by atoms with van der Waals surface area (Å²) in [5.41, 5.74) is 0.163. The van der Waals surface area contributed by atoms with Crippen molar-refractivity contribution in [2.45, 2.75) is 109 Å². The molecule has 2 unspecified atom stereocenters. The number of methoxy groups -OCH3 is 1. The molecule has 3 heterocycles. The maximum atomic E-state index is 13.8. The first-order chi connectivity index (χ1) is 18.5. The molecule has 8 nitrogen and oxygen atoms in total. The Balaban J connectivity index is 1.73. The highest BCUT2D eigenvalue weighted by Crippen LogP contribution is 2.43. The summed E-state index contributed by atoms with van der Waals surface area (Å²) in [6, 6.07) is 0. The molecule has 9 atom stereocenters. The largest absolute Gasteiger partial charge is 0.462 e. The third-order valence-corrected chi connectivity index (χ3v) is 8.78. The summed E-state index contributed by atoms with van der Waals surface area (Å²) in [5.74, 6) is -1.73. The van der Waals surface area contributed by atoms with Crippen molar-refractivity contribution in [2.24, 2.45) is 22.9 Å². The Kier molecular flexibility index (Phi) is 9.21. The number of oxime groups is 1. The smallest absolute Gasteiger partial charge is 0.316 e. The second-order valence-electron chi connectivity index (χ2n) is 12.0. The number of rotatable bonds is 1. The minimum absolute atomic E-state index is 0.0365. The van der Waals surface area contributed by atoms with Crippen molar-refractivity contribution in [3.63, 3.8) is 0 Å². The number of esters is 1. The topological polar surface area (TPSA) is 107 Å². The van der Waals surface area contributed by atoms with Crippen LogP contribution in [0.4, 0.5) is 0 Å². The molecule has 0 saturated carbocycles. The number of hydrogen-bond donors (Lipinski definition) is 2. The molecule has 4 aliphatic rings. The lowest BCUT2D eigenvalue weighted by Crippen LogP contribution is -2.58. The summed E-state index contributed by atoms with van der Waals surface area (Å²) in [6.07, 6.45) is 13.7. The van der Waals surface area contributed by atoms with Crippen LogP contribution < -0.4 is 0 Å². The summed E-state index contributed by atoms with van der Waals surface area (Å²) in [7, 11) is 1.42. The minimum atomic E-state index is -1.82. The molecule has 2 N–H and O–H groups in total. The van der Waals surface area contributed by atoms with Gasteiger partial charge >= 0.3 is 5.97 Å². The number of hydrogen-bond acceptors (Lipinski definition) is 8. The quantitative estimate of drug-likeness (QED) is 0.201. The van der Waals surface area contributed by atoms with Crippen molar-refractivity contribution in [3.8, 4) is 0 Å². The van der Waals surface area contributed by atoms with Crippen LogP contribution in [0.3, 0.4) is 0 Å². The second kappa shape index (κ2) is 12.1. The van der Waals surface area contributed by atoms with E-state index >= 15 is 0 Å². The van der Waals surface area contributed by atoms with E-state index in [0.29, 0.717) is 30.8 Å². The molecule has 0 aromatic heterocycles. The van der Waals surface area contributed by atoms with Gasteiger partial charge in [-0.25, -0.2) is 0 Å². The fourth-order valence-electron chi connectivity index (χ4n) is 6.42. The molecule has 2 saturated heterocycles. The highest BCUT2D eigenvalue weighted by molar-refractivity contribution is 6.06. The third-order valence-electron chi connectivity index (χ3n) is 8.78. The third kappa shape index (κ3) is 6.40. The lowest BCUT2D eigenvalue weighted by molar-refractivity contribution is -0.332. The van der Waals surface area contributed by atoms with E-state index in [-0.39, 0.29) is 23.8 Å². The van der Waals surface area contributed by atoms with E-state index in [9.17, 15) is 15.1 Å². The fraction of sp³-hybridized carbons (Fsp3) is 0.677. The van der Waals surface area contributed by atoms with Crippen LogP contribution in [0.5, 0.6) is 0 Å². The van der Waals surface area contributed by atoms with Gasteiger partial charge in [-0.15, -0.1) is 0 Å². The Labute approximate surface area is 232 Å². The number of carbonyl (C=O) groups is 1. The molecule has 1 spiro atoms. The number of carbonyl (C=O) groups excluding carboxylic acids is 1. The second-order valence-corrected chi connectivity index (χ2v) is 12.0. The molecule has 0 amide bonds. The van der Waals surface area contributed by atoms with E-state index < -0.39 is 35.5 Å². The first kappa shape index (κ1) is 29.7. The lowest BCUT2D eigenvalue weighted by Gasteiger charge is -2.49. The van der Waals surface area contributed by atoms with E-state index in [1.807, 2.05) is 6.08 Å². The van der Waals surface area contributed by atoms with Crippen LogP contribution >= 0.6 is 0 Å². The lowest BCUT2D eigenvalue weighted by atomic mass is 9.73. The number of ether oxygens (including phenoxy) is 4. The van der Waals surface area contributed by atoms with Crippen LogP contribution in [0, 0.1) is 17.8 Å². The van der Waals surface area contributed by atoms with Crippen molar-refractivity contribution < 1.29 is 34.1 Å². The van der Waals surface area contributed by atoms with Gasteiger partial charge in [0.1, 0.15) is 29.4 Å². The van der Waals surface area contributed by atoms with Gasteiger partial charge in [0.05, 0.1) is 12.2 Å². The standard InChI is InChI=1S/C31H45NO7/c1-19-9-7-8-13-31(34)26(16-22(4)27(32-35)28(31)36-6)29(33)37-25-17-24(11-10-20(2)15-19)39-30(18-25)14-12-21(3)23(5)38-30/h7-10,13,16,19,21,23-26,28,34-35H,11-12,14-15,17-18H2,1-6H3/b9-7+,13-8+,20-10+,32-27+/t19-,21-,23+,24+,25-,26?,28+,30-,31?/m0/s1. The monoisotopic (exact) mass is 543 g/mol. The van der Waals surface area contributed by atoms with Crippen LogP contribution in [0.1, 0.15) is 73.1 Å². The van der Waals surface area contributed by atoms with E-state index in [4.69, 9.17) is 18.9 Å². The van der Waals surface area contributed by atoms with Crippen LogP contribution in [0.15, 0.2) is 52.8 Å². The van der Waals surface area contributed by atoms with Gasteiger partial charge < -0.3 is 29.3 Å². The molecule has 0 aromatic carbocycles. The minimum Gasteiger partial charge on any atom is -0.462 e. The number of nitrogens with zero attached hydrogens (tertiary/aromatic N) is 1. The van der Waals surface area contributed by atoms with E-state index in [2.05, 4.69) is 45.0 Å². The molecular formula is C31H45NO7. The van der Waals surface area contributed by atoms with Gasteiger partial charge in [0.2, 0.25) is 0 Å². The maximum absolute atomic E-state index is 13.8. The number of allylic oxidation sites excluding steroid dienone is 4. The van der Waals surface area contributed by atoms with Gasteiger partial charge in [-0.3, -0.25) is 4.79 Å². The maximum Gasteiger partial charge on any atom is 0.316 e. The Bertz CT molecular complexity index is 1060. The van der Waals surface area contributed by atoms with E-state index in [1.54, 1.807) is 25.2 Å². The van der Waals surface area contributed by atoms with Gasteiger partial charge in [0.25, 0.3) is 0 Å². The zero-order valence-corrected chi connectivity index (χ0v) is 24.1. The molecule has 2 fully saturated rings. The zero-order chi connectivity index (χ0) is 28.4. The van der Waals surface area contributed by atoms with Crippen molar-refractivity contribution in [2.75, 3.05) is 7.11 Å². The summed E-state index contributed by atoms with van der Waals surface area (Å²) < 4.78 is 24.9.